The van der Waals surface area contributed by atoms with Gasteiger partial charge in [-0.1, -0.05) is 96.8 Å². The van der Waals surface area contributed by atoms with Crippen LogP contribution in [0.15, 0.2) is 4.99 Å². The molecule has 0 bridgehead atoms. The third-order valence-electron chi connectivity index (χ3n) is 6.34. The van der Waals surface area contributed by atoms with Gasteiger partial charge >= 0.3 is 5.97 Å². The summed E-state index contributed by atoms with van der Waals surface area (Å²) in [5.74, 6) is 0.195. The van der Waals surface area contributed by atoms with Crippen molar-refractivity contribution in [2.24, 2.45) is 4.99 Å². The predicted molar refractivity (Wildman–Crippen MR) is 121 cm³/mol. The van der Waals surface area contributed by atoms with E-state index in [9.17, 15) is 15.0 Å². The number of carboxylic acid groups (broad SMARTS) is 1. The normalized spacial score (nSPS) is 18.9. The highest BCUT2D eigenvalue weighted by atomic mass is 16.4. The first-order chi connectivity index (χ1) is 14.1. The Morgan fingerprint density at radius 2 is 1.34 bits per heavy atom. The second-order valence-corrected chi connectivity index (χ2v) is 8.87. The fourth-order valence-electron chi connectivity index (χ4n) is 4.56. The summed E-state index contributed by atoms with van der Waals surface area (Å²) in [6.45, 7) is 4.24. The van der Waals surface area contributed by atoms with Crippen molar-refractivity contribution in [1.82, 2.24) is 0 Å². The Morgan fingerprint density at radius 1 is 0.862 bits per heavy atom. The number of aliphatic carboxylic acids is 1. The van der Waals surface area contributed by atoms with Crippen molar-refractivity contribution < 1.29 is 19.5 Å². The Balaban J connectivity index is 1.98. The van der Waals surface area contributed by atoms with Crippen molar-refractivity contribution in [3.05, 3.63) is 0 Å². The van der Waals surface area contributed by atoms with Gasteiger partial charge < -0.3 is 10.2 Å². The fourth-order valence-corrected chi connectivity index (χ4v) is 4.56. The van der Waals surface area contributed by atoms with Gasteiger partial charge in [0.2, 0.25) is 0 Å². The minimum atomic E-state index is -0.801. The van der Waals surface area contributed by atoms with Crippen LogP contribution in [0.5, 0.6) is 0 Å². The minimum absolute atomic E-state index is 0.0190. The number of aliphatic hydroxyl groups excluding tert-OH is 1. The standard InChI is InChI=1S/C24H46N2O3/c1-2-3-4-5-6-7-8-9-10-11-12-13-14-15-16-17-23-25-18-19-26(23,20-21-27)22-24(28)29/h27H,2-22H2,1H3/p+1/t26-/m0/s1. The Bertz CT molecular complexity index is 453. The first-order valence-electron chi connectivity index (χ1n) is 12.4. The zero-order chi connectivity index (χ0) is 21.2. The molecule has 170 valence electrons. The van der Waals surface area contributed by atoms with E-state index in [0.717, 1.165) is 25.2 Å². The number of aliphatic imine (C=N–C) groups is 1. The minimum Gasteiger partial charge on any atom is -0.477 e. The van der Waals surface area contributed by atoms with E-state index >= 15 is 0 Å². The van der Waals surface area contributed by atoms with Crippen molar-refractivity contribution in [1.29, 1.82) is 0 Å². The number of hydrogen-bond acceptors (Lipinski definition) is 3. The number of carbonyl (C=O) groups is 1. The van der Waals surface area contributed by atoms with Gasteiger partial charge in [-0.3, -0.25) is 4.48 Å². The van der Waals surface area contributed by atoms with Crippen LogP contribution in [0.25, 0.3) is 0 Å². The highest BCUT2D eigenvalue weighted by molar-refractivity contribution is 5.80. The second-order valence-electron chi connectivity index (χ2n) is 8.87. The number of amidine groups is 1. The molecule has 0 amide bonds. The van der Waals surface area contributed by atoms with Crippen LogP contribution in [-0.2, 0) is 4.79 Å². The van der Waals surface area contributed by atoms with Gasteiger partial charge in [-0.15, -0.1) is 0 Å². The summed E-state index contributed by atoms with van der Waals surface area (Å²) in [6.07, 6.45) is 21.1. The fraction of sp³-hybridized carbons (Fsp3) is 0.917. The van der Waals surface area contributed by atoms with E-state index < -0.39 is 5.97 Å². The molecule has 0 spiro atoms. The molecule has 0 radical (unpaired) electrons. The maximum atomic E-state index is 11.2. The highest BCUT2D eigenvalue weighted by Crippen LogP contribution is 2.20. The Labute approximate surface area is 179 Å². The number of carboxylic acids is 1. The second kappa shape index (κ2) is 16.8. The van der Waals surface area contributed by atoms with E-state index in [0.29, 0.717) is 17.6 Å². The van der Waals surface area contributed by atoms with Crippen LogP contribution in [0, 0.1) is 0 Å². The lowest BCUT2D eigenvalue weighted by Gasteiger charge is -2.32. The number of nitrogens with zero attached hydrogens (tertiary/aromatic N) is 2. The molecule has 0 aromatic rings. The predicted octanol–water partition coefficient (Wildman–Crippen LogP) is 5.55. The lowest BCUT2D eigenvalue weighted by atomic mass is 10.0. The molecule has 0 fully saturated rings. The topological polar surface area (TPSA) is 69.9 Å². The van der Waals surface area contributed by atoms with E-state index in [1.807, 2.05) is 0 Å². The largest absolute Gasteiger partial charge is 0.477 e. The van der Waals surface area contributed by atoms with Crippen LogP contribution in [0.4, 0.5) is 0 Å². The molecular weight excluding hydrogens is 364 g/mol. The van der Waals surface area contributed by atoms with Gasteiger partial charge in [0.1, 0.15) is 13.1 Å². The molecule has 1 aliphatic rings. The van der Waals surface area contributed by atoms with Crippen molar-refractivity contribution in [3.8, 4) is 0 Å². The lowest BCUT2D eigenvalue weighted by molar-refractivity contribution is -0.829. The quantitative estimate of drug-likeness (QED) is 0.204. The van der Waals surface area contributed by atoms with Crippen LogP contribution in [0.3, 0.4) is 0 Å². The van der Waals surface area contributed by atoms with Gasteiger partial charge in [0.25, 0.3) is 0 Å². The van der Waals surface area contributed by atoms with Crippen molar-refractivity contribution in [3.63, 3.8) is 0 Å². The smallest absolute Gasteiger partial charge is 0.359 e. The molecule has 1 aliphatic heterocycles. The van der Waals surface area contributed by atoms with Crippen molar-refractivity contribution >= 4 is 11.8 Å². The van der Waals surface area contributed by atoms with E-state index in [-0.39, 0.29) is 13.2 Å². The molecule has 5 nitrogen and oxygen atoms in total. The first-order valence-corrected chi connectivity index (χ1v) is 12.4. The summed E-state index contributed by atoms with van der Waals surface area (Å²) in [5, 5.41) is 18.6. The monoisotopic (exact) mass is 411 g/mol. The number of quaternary nitrogens is 1. The van der Waals surface area contributed by atoms with Gasteiger partial charge in [0.15, 0.2) is 12.4 Å². The van der Waals surface area contributed by atoms with Crippen LogP contribution in [0.1, 0.15) is 110 Å². The number of unbranched alkanes of at least 4 members (excludes halogenated alkanes) is 14. The average Bonchev–Trinajstić information content (AvgIpc) is 3.06. The number of hydrogen-bond donors (Lipinski definition) is 2. The molecule has 1 heterocycles. The molecule has 29 heavy (non-hydrogen) atoms. The Morgan fingerprint density at radius 3 is 1.79 bits per heavy atom. The molecular formula is C24H47N2O3+. The molecule has 0 unspecified atom stereocenters. The molecule has 2 N–H and O–H groups in total. The molecule has 0 aliphatic carbocycles. The first kappa shape index (κ1) is 26.1. The third kappa shape index (κ3) is 11.7. The highest BCUT2D eigenvalue weighted by Gasteiger charge is 2.39. The molecule has 0 saturated heterocycles. The Kier molecular flexibility index (Phi) is 15.1. The number of aliphatic hydroxyl groups is 1. The summed E-state index contributed by atoms with van der Waals surface area (Å²) in [5.41, 5.74) is 0. The maximum Gasteiger partial charge on any atom is 0.359 e. The van der Waals surface area contributed by atoms with E-state index in [1.165, 1.54) is 89.9 Å². The summed E-state index contributed by atoms with van der Waals surface area (Å²) in [4.78, 5) is 15.8. The van der Waals surface area contributed by atoms with Gasteiger partial charge in [-0.2, -0.15) is 0 Å². The lowest BCUT2D eigenvalue weighted by Crippen LogP contribution is -2.55. The molecule has 5 heteroatoms. The average molecular weight is 412 g/mol. The number of rotatable bonds is 20. The SMILES string of the molecule is CCCCCCCCCCCCCCCCCC1=NCC[N@+]1(CCO)CC(=O)O. The Hall–Kier alpha value is -0.940. The van der Waals surface area contributed by atoms with Crippen LogP contribution in [-0.4, -0.2) is 59.3 Å². The van der Waals surface area contributed by atoms with Crippen molar-refractivity contribution in [2.45, 2.75) is 110 Å². The van der Waals surface area contributed by atoms with Gasteiger partial charge in [0.05, 0.1) is 13.2 Å². The summed E-state index contributed by atoms with van der Waals surface area (Å²) in [6, 6.07) is 0. The van der Waals surface area contributed by atoms with Gasteiger partial charge in [-0.25, -0.2) is 9.79 Å². The van der Waals surface area contributed by atoms with Crippen LogP contribution >= 0.6 is 0 Å². The zero-order valence-corrected chi connectivity index (χ0v) is 19.0. The zero-order valence-electron chi connectivity index (χ0n) is 19.0. The van der Waals surface area contributed by atoms with E-state index in [1.54, 1.807) is 0 Å². The van der Waals surface area contributed by atoms with Gasteiger partial charge in [0, 0.05) is 6.42 Å². The maximum absolute atomic E-state index is 11.2. The van der Waals surface area contributed by atoms with Gasteiger partial charge in [-0.05, 0) is 6.42 Å². The summed E-state index contributed by atoms with van der Waals surface area (Å²) in [7, 11) is 0. The molecule has 0 saturated carbocycles. The molecule has 1 rings (SSSR count). The van der Waals surface area contributed by atoms with Crippen LogP contribution in [0.2, 0.25) is 0 Å². The molecule has 1 atom stereocenters. The van der Waals surface area contributed by atoms with E-state index in [4.69, 9.17) is 0 Å². The van der Waals surface area contributed by atoms with Crippen LogP contribution < -0.4 is 0 Å². The third-order valence-corrected chi connectivity index (χ3v) is 6.34. The van der Waals surface area contributed by atoms with Crippen molar-refractivity contribution in [2.75, 3.05) is 32.8 Å². The molecule has 0 aromatic carbocycles. The molecule has 0 aromatic heterocycles. The summed E-state index contributed by atoms with van der Waals surface area (Å²) < 4.78 is 0.366. The van der Waals surface area contributed by atoms with E-state index in [2.05, 4.69) is 11.9 Å². The summed E-state index contributed by atoms with van der Waals surface area (Å²) >= 11 is 0.